The molecule has 0 aliphatic carbocycles. The summed E-state index contributed by atoms with van der Waals surface area (Å²) in [5, 5.41) is 12.1. The van der Waals surface area contributed by atoms with Gasteiger partial charge in [-0.2, -0.15) is 0 Å². The zero-order valence-electron chi connectivity index (χ0n) is 17.5. The van der Waals surface area contributed by atoms with Gasteiger partial charge >= 0.3 is 0 Å². The summed E-state index contributed by atoms with van der Waals surface area (Å²) in [4.78, 5) is 25.0. The highest BCUT2D eigenvalue weighted by atomic mass is 16.7. The topological polar surface area (TPSA) is 96.9 Å². The molecule has 7 heteroatoms. The molecule has 0 unspecified atom stereocenters. The maximum absolute atomic E-state index is 12.7. The molecule has 0 saturated carbocycles. The van der Waals surface area contributed by atoms with Crippen LogP contribution in [-0.4, -0.2) is 43.1 Å². The van der Waals surface area contributed by atoms with Crippen molar-refractivity contribution in [2.75, 3.05) is 20.0 Å². The first-order valence-electron chi connectivity index (χ1n) is 10.0. The first-order valence-corrected chi connectivity index (χ1v) is 10.0. The van der Waals surface area contributed by atoms with E-state index < -0.39 is 17.9 Å². The smallest absolute Gasteiger partial charge is 0.251 e. The Morgan fingerprint density at radius 3 is 2.37 bits per heavy atom. The number of rotatable bonds is 12. The second-order valence-corrected chi connectivity index (χ2v) is 7.12. The van der Waals surface area contributed by atoms with Crippen molar-refractivity contribution in [1.29, 1.82) is 0 Å². The molecule has 2 amide bonds. The second-order valence-electron chi connectivity index (χ2n) is 7.12. The maximum Gasteiger partial charge on any atom is 0.251 e. The van der Waals surface area contributed by atoms with Gasteiger partial charge in [0.1, 0.15) is 6.79 Å². The Labute approximate surface area is 177 Å². The molecule has 0 aromatic heterocycles. The van der Waals surface area contributed by atoms with Gasteiger partial charge in [-0.1, -0.05) is 48.0 Å². The molecule has 0 radical (unpaired) electrons. The van der Waals surface area contributed by atoms with Crippen LogP contribution in [0.3, 0.4) is 0 Å². The van der Waals surface area contributed by atoms with Crippen LogP contribution >= 0.6 is 0 Å². The van der Waals surface area contributed by atoms with Crippen molar-refractivity contribution in [2.24, 2.45) is 5.92 Å². The van der Waals surface area contributed by atoms with E-state index >= 15 is 0 Å². The summed E-state index contributed by atoms with van der Waals surface area (Å²) in [6.45, 7) is 4.61. The average molecular weight is 415 g/mol. The number of ether oxygens (including phenoxy) is 2. The Balaban J connectivity index is 2.10. The molecule has 3 N–H and O–H groups in total. The number of carbonyl (C=O) groups is 2. The van der Waals surface area contributed by atoms with E-state index in [1.807, 2.05) is 56.3 Å². The zero-order chi connectivity index (χ0) is 21.8. The van der Waals surface area contributed by atoms with Gasteiger partial charge in [0.2, 0.25) is 5.91 Å². The monoisotopic (exact) mass is 414 g/mol. The number of hydrogen-bond acceptors (Lipinski definition) is 5. The summed E-state index contributed by atoms with van der Waals surface area (Å²) in [6.07, 6.45) is 0.723. The summed E-state index contributed by atoms with van der Waals surface area (Å²) in [6, 6.07) is 16.3. The molecule has 2 aromatic rings. The molecule has 0 saturated heterocycles. The number of benzene rings is 2. The highest BCUT2D eigenvalue weighted by Crippen LogP contribution is 2.16. The van der Waals surface area contributed by atoms with E-state index in [0.29, 0.717) is 25.0 Å². The van der Waals surface area contributed by atoms with Crippen LogP contribution in [0.4, 0.5) is 0 Å². The molecule has 0 aliphatic heterocycles. The SMILES string of the molecule is CCOCOC[C@H](C[C@H](Cc1ccccc1)C(=O)NO)NC(=O)c1ccc(C)cc1. The van der Waals surface area contributed by atoms with Crippen LogP contribution in [-0.2, 0) is 20.7 Å². The van der Waals surface area contributed by atoms with Gasteiger partial charge in [0.05, 0.1) is 12.6 Å². The molecule has 0 spiro atoms. The number of aryl methyl sites for hydroxylation is 1. The molecule has 0 fully saturated rings. The summed E-state index contributed by atoms with van der Waals surface area (Å²) in [5.41, 5.74) is 4.29. The minimum atomic E-state index is -0.545. The van der Waals surface area contributed by atoms with Gasteiger partial charge in [-0.05, 0) is 44.4 Å². The molecular weight excluding hydrogens is 384 g/mol. The third kappa shape index (κ3) is 7.94. The summed E-state index contributed by atoms with van der Waals surface area (Å²) in [7, 11) is 0. The average Bonchev–Trinajstić information content (AvgIpc) is 2.76. The predicted molar refractivity (Wildman–Crippen MR) is 113 cm³/mol. The molecule has 2 atom stereocenters. The molecular formula is C23H30N2O5. The highest BCUT2D eigenvalue weighted by molar-refractivity contribution is 5.94. The third-order valence-corrected chi connectivity index (χ3v) is 4.71. The Hall–Kier alpha value is -2.74. The van der Waals surface area contributed by atoms with Gasteiger partial charge in [0.25, 0.3) is 5.91 Å². The van der Waals surface area contributed by atoms with Gasteiger partial charge in [-0.25, -0.2) is 5.48 Å². The number of hydrogen-bond donors (Lipinski definition) is 3. The van der Waals surface area contributed by atoms with Crippen LogP contribution in [0.15, 0.2) is 54.6 Å². The predicted octanol–water partition coefficient (Wildman–Crippen LogP) is 2.86. The van der Waals surface area contributed by atoms with Gasteiger partial charge in [0, 0.05) is 18.1 Å². The molecule has 7 nitrogen and oxygen atoms in total. The fourth-order valence-corrected chi connectivity index (χ4v) is 3.09. The van der Waals surface area contributed by atoms with Crippen LogP contribution in [0, 0.1) is 12.8 Å². The van der Waals surface area contributed by atoms with Crippen molar-refractivity contribution in [2.45, 2.75) is 32.7 Å². The Morgan fingerprint density at radius 2 is 1.73 bits per heavy atom. The molecule has 162 valence electrons. The normalized spacial score (nSPS) is 12.8. The lowest BCUT2D eigenvalue weighted by Crippen LogP contribution is -2.42. The first kappa shape index (κ1) is 23.5. The lowest BCUT2D eigenvalue weighted by atomic mass is 9.92. The van der Waals surface area contributed by atoms with E-state index in [1.165, 1.54) is 0 Å². The quantitative estimate of drug-likeness (QED) is 0.215. The zero-order valence-corrected chi connectivity index (χ0v) is 17.5. The highest BCUT2D eigenvalue weighted by Gasteiger charge is 2.25. The van der Waals surface area contributed by atoms with Crippen molar-refractivity contribution < 1.29 is 24.3 Å². The van der Waals surface area contributed by atoms with E-state index in [2.05, 4.69) is 5.32 Å². The number of nitrogens with one attached hydrogen (secondary N) is 2. The van der Waals surface area contributed by atoms with E-state index in [-0.39, 0.29) is 19.3 Å². The van der Waals surface area contributed by atoms with Crippen molar-refractivity contribution in [3.05, 3.63) is 71.3 Å². The van der Waals surface area contributed by atoms with Gasteiger partial charge in [-0.3, -0.25) is 14.8 Å². The van der Waals surface area contributed by atoms with Crippen LogP contribution < -0.4 is 10.8 Å². The third-order valence-electron chi connectivity index (χ3n) is 4.71. The van der Waals surface area contributed by atoms with Crippen molar-refractivity contribution >= 4 is 11.8 Å². The van der Waals surface area contributed by atoms with Crippen molar-refractivity contribution in [1.82, 2.24) is 10.8 Å². The standard InChI is InChI=1S/C23H30N2O5/c1-3-29-16-30-15-21(24-22(26)19-11-9-17(2)10-12-19)14-20(23(27)25-28)13-18-7-5-4-6-8-18/h4-12,20-21,28H,3,13-16H2,1-2H3,(H,24,26)(H,25,27)/t20-,21-/m0/s1. The van der Waals surface area contributed by atoms with E-state index in [1.54, 1.807) is 17.6 Å². The first-order chi connectivity index (χ1) is 14.5. The lowest BCUT2D eigenvalue weighted by Gasteiger charge is -2.24. The van der Waals surface area contributed by atoms with E-state index in [9.17, 15) is 14.8 Å². The van der Waals surface area contributed by atoms with Gasteiger partial charge < -0.3 is 14.8 Å². The minimum absolute atomic E-state index is 0.100. The summed E-state index contributed by atoms with van der Waals surface area (Å²) in [5.74, 6) is -1.29. The van der Waals surface area contributed by atoms with E-state index in [0.717, 1.165) is 11.1 Å². The number of carbonyl (C=O) groups excluding carboxylic acids is 2. The van der Waals surface area contributed by atoms with E-state index in [4.69, 9.17) is 9.47 Å². The molecule has 30 heavy (non-hydrogen) atoms. The van der Waals surface area contributed by atoms with Crippen LogP contribution in [0.5, 0.6) is 0 Å². The molecule has 0 aliphatic rings. The maximum atomic E-state index is 12.7. The minimum Gasteiger partial charge on any atom is -0.356 e. The van der Waals surface area contributed by atoms with Crippen LogP contribution in [0.1, 0.15) is 34.8 Å². The number of amides is 2. The fourth-order valence-electron chi connectivity index (χ4n) is 3.09. The Bertz CT molecular complexity index is 780. The second kappa shape index (κ2) is 12.7. The Morgan fingerprint density at radius 1 is 1.03 bits per heavy atom. The van der Waals surface area contributed by atoms with Gasteiger partial charge in [-0.15, -0.1) is 0 Å². The fraction of sp³-hybridized carbons (Fsp3) is 0.391. The molecule has 2 rings (SSSR count). The van der Waals surface area contributed by atoms with Crippen LogP contribution in [0.2, 0.25) is 0 Å². The van der Waals surface area contributed by atoms with Crippen molar-refractivity contribution in [3.63, 3.8) is 0 Å². The van der Waals surface area contributed by atoms with Crippen molar-refractivity contribution in [3.8, 4) is 0 Å². The lowest BCUT2D eigenvalue weighted by molar-refractivity contribution is -0.134. The number of hydroxylamine groups is 1. The molecule has 0 heterocycles. The summed E-state index contributed by atoms with van der Waals surface area (Å²) >= 11 is 0. The Kier molecular flexibility index (Phi) is 10.00. The van der Waals surface area contributed by atoms with Gasteiger partial charge in [0.15, 0.2) is 0 Å². The summed E-state index contributed by atoms with van der Waals surface area (Å²) < 4.78 is 10.7. The largest absolute Gasteiger partial charge is 0.356 e. The molecule has 0 bridgehead atoms. The van der Waals surface area contributed by atoms with Crippen LogP contribution in [0.25, 0.3) is 0 Å². The molecule has 2 aromatic carbocycles.